The zero-order valence-electron chi connectivity index (χ0n) is 12.7. The van der Waals surface area contributed by atoms with E-state index >= 15 is 0 Å². The van der Waals surface area contributed by atoms with Gasteiger partial charge in [0.25, 0.3) is 0 Å². The number of hydrogen-bond donors (Lipinski definition) is 2. The Balaban J connectivity index is 2.06. The lowest BCUT2D eigenvalue weighted by molar-refractivity contribution is -0.142. The molecule has 114 valence electrons. The van der Waals surface area contributed by atoms with E-state index in [4.69, 9.17) is 0 Å². The first-order valence-corrected chi connectivity index (χ1v) is 7.14. The zero-order valence-corrected chi connectivity index (χ0v) is 12.7. The molecule has 0 radical (unpaired) electrons. The minimum absolute atomic E-state index is 0.313. The smallest absolute Gasteiger partial charge is 0.326 e. The average Bonchev–Trinajstić information content (AvgIpc) is 2.42. The van der Waals surface area contributed by atoms with Gasteiger partial charge in [-0.2, -0.15) is 0 Å². The van der Waals surface area contributed by atoms with E-state index in [0.29, 0.717) is 13.1 Å². The third-order valence-corrected chi connectivity index (χ3v) is 3.80. The number of carboxylic acid groups (broad SMARTS) is 1. The van der Waals surface area contributed by atoms with E-state index in [1.54, 1.807) is 25.7 Å². The maximum Gasteiger partial charge on any atom is 0.326 e. The van der Waals surface area contributed by atoms with Gasteiger partial charge in [-0.3, -0.25) is 0 Å². The maximum atomic E-state index is 12.3. The van der Waals surface area contributed by atoms with Crippen LogP contribution in [0.2, 0.25) is 0 Å². The van der Waals surface area contributed by atoms with Crippen molar-refractivity contribution in [1.82, 2.24) is 10.2 Å². The molecule has 1 aromatic carbocycles. The number of carboxylic acids is 1. The lowest BCUT2D eigenvalue weighted by Gasteiger charge is -2.33. The Morgan fingerprint density at radius 1 is 1.24 bits per heavy atom. The first-order chi connectivity index (χ1) is 9.79. The first kappa shape index (κ1) is 15.4. The fraction of sp³-hybridized carbons (Fsp3) is 0.500. The molecule has 21 heavy (non-hydrogen) atoms. The summed E-state index contributed by atoms with van der Waals surface area (Å²) in [5.74, 6) is -1.01. The van der Waals surface area contributed by atoms with Crippen molar-refractivity contribution in [2.75, 3.05) is 6.54 Å². The van der Waals surface area contributed by atoms with Crippen LogP contribution in [0.5, 0.6) is 0 Å². The summed E-state index contributed by atoms with van der Waals surface area (Å²) in [5, 5.41) is 11.9. The third kappa shape index (κ3) is 3.54. The highest BCUT2D eigenvalue weighted by Gasteiger charge is 2.34. The van der Waals surface area contributed by atoms with Gasteiger partial charge in [-0.1, -0.05) is 45.0 Å². The van der Waals surface area contributed by atoms with Crippen molar-refractivity contribution in [1.29, 1.82) is 0 Å². The fourth-order valence-corrected chi connectivity index (χ4v) is 2.53. The number of benzene rings is 1. The number of fused-ring (bicyclic) bond motifs is 1. The van der Waals surface area contributed by atoms with Crippen LogP contribution in [-0.2, 0) is 17.8 Å². The topological polar surface area (TPSA) is 69.6 Å². The van der Waals surface area contributed by atoms with Crippen LogP contribution in [0.25, 0.3) is 0 Å². The van der Waals surface area contributed by atoms with E-state index in [1.807, 2.05) is 18.2 Å². The second-order valence-corrected chi connectivity index (χ2v) is 6.53. The van der Waals surface area contributed by atoms with Crippen LogP contribution in [0.15, 0.2) is 24.3 Å². The number of nitrogens with one attached hydrogen (secondary N) is 1. The van der Waals surface area contributed by atoms with Crippen molar-refractivity contribution in [3.8, 4) is 0 Å². The zero-order chi connectivity index (χ0) is 15.6. The Labute approximate surface area is 125 Å². The van der Waals surface area contributed by atoms with E-state index in [2.05, 4.69) is 11.4 Å². The Bertz CT molecular complexity index is 549. The van der Waals surface area contributed by atoms with Gasteiger partial charge in [0.1, 0.15) is 6.04 Å². The van der Waals surface area contributed by atoms with E-state index in [1.165, 1.54) is 5.56 Å². The summed E-state index contributed by atoms with van der Waals surface area (Å²) in [6, 6.07) is 6.81. The number of rotatable bonds is 2. The highest BCUT2D eigenvalue weighted by Crippen LogP contribution is 2.21. The molecule has 5 heteroatoms. The Kier molecular flexibility index (Phi) is 4.21. The number of aliphatic carboxylic acids is 1. The molecule has 0 unspecified atom stereocenters. The Morgan fingerprint density at radius 2 is 1.86 bits per heavy atom. The summed E-state index contributed by atoms with van der Waals surface area (Å²) in [7, 11) is 0. The van der Waals surface area contributed by atoms with Crippen LogP contribution in [0, 0.1) is 5.41 Å². The second kappa shape index (κ2) is 5.76. The molecular weight excluding hydrogens is 268 g/mol. The van der Waals surface area contributed by atoms with Gasteiger partial charge in [0.15, 0.2) is 0 Å². The van der Waals surface area contributed by atoms with Gasteiger partial charge in [-0.25, -0.2) is 9.59 Å². The maximum absolute atomic E-state index is 12.3. The summed E-state index contributed by atoms with van der Waals surface area (Å²) < 4.78 is 0. The molecule has 0 aliphatic carbocycles. The standard InChI is InChI=1S/C16H22N2O3/c1-16(2,3)13(14(19)20)17-15(21)18-9-8-11-6-4-5-7-12(11)10-18/h4-7,13H,8-10H2,1-3H3,(H,17,21)(H,19,20)/t13-/m1/s1. The summed E-state index contributed by atoms with van der Waals surface area (Å²) in [5.41, 5.74) is 1.85. The van der Waals surface area contributed by atoms with Gasteiger partial charge < -0.3 is 15.3 Å². The molecule has 1 aromatic rings. The van der Waals surface area contributed by atoms with Crippen molar-refractivity contribution in [2.45, 2.75) is 39.8 Å². The van der Waals surface area contributed by atoms with Crippen LogP contribution in [0.1, 0.15) is 31.9 Å². The van der Waals surface area contributed by atoms with Crippen molar-refractivity contribution >= 4 is 12.0 Å². The van der Waals surface area contributed by atoms with Gasteiger partial charge in [0.2, 0.25) is 0 Å². The molecule has 0 saturated carbocycles. The van der Waals surface area contributed by atoms with Crippen molar-refractivity contribution in [3.63, 3.8) is 0 Å². The normalized spacial score (nSPS) is 16.0. The summed E-state index contributed by atoms with van der Waals surface area (Å²) >= 11 is 0. The average molecular weight is 290 g/mol. The molecule has 2 rings (SSSR count). The van der Waals surface area contributed by atoms with Crippen molar-refractivity contribution in [3.05, 3.63) is 35.4 Å². The van der Waals surface area contributed by atoms with Gasteiger partial charge in [-0.05, 0) is 23.0 Å². The number of carbonyl (C=O) groups excluding carboxylic acids is 1. The molecule has 5 nitrogen and oxygen atoms in total. The summed E-state index contributed by atoms with van der Waals surface area (Å²) in [4.78, 5) is 25.3. The van der Waals surface area contributed by atoms with E-state index in [9.17, 15) is 14.7 Å². The van der Waals surface area contributed by atoms with Gasteiger partial charge in [-0.15, -0.1) is 0 Å². The number of amides is 2. The highest BCUT2D eigenvalue weighted by atomic mass is 16.4. The predicted molar refractivity (Wildman–Crippen MR) is 80.0 cm³/mol. The summed E-state index contributed by atoms with van der Waals surface area (Å²) in [6.45, 7) is 6.55. The van der Waals surface area contributed by atoms with Crippen LogP contribution in [-0.4, -0.2) is 34.6 Å². The van der Waals surface area contributed by atoms with Crippen LogP contribution >= 0.6 is 0 Å². The first-order valence-electron chi connectivity index (χ1n) is 7.14. The lowest BCUT2D eigenvalue weighted by atomic mass is 9.87. The molecule has 0 bridgehead atoms. The van der Waals surface area contributed by atoms with Crippen molar-refractivity contribution in [2.24, 2.45) is 5.41 Å². The molecule has 2 N–H and O–H groups in total. The molecule has 2 amide bonds. The Hall–Kier alpha value is -2.04. The lowest BCUT2D eigenvalue weighted by Crippen LogP contribution is -2.54. The summed E-state index contributed by atoms with van der Waals surface area (Å²) in [6.07, 6.45) is 0.802. The SMILES string of the molecule is CC(C)(C)[C@H](NC(=O)N1CCc2ccccc2C1)C(=O)O. The molecule has 1 aliphatic rings. The number of carbonyl (C=O) groups is 2. The molecule has 1 atom stereocenters. The molecule has 0 saturated heterocycles. The van der Waals surface area contributed by atoms with Gasteiger partial charge in [0, 0.05) is 13.1 Å². The largest absolute Gasteiger partial charge is 0.480 e. The Morgan fingerprint density at radius 3 is 2.43 bits per heavy atom. The third-order valence-electron chi connectivity index (χ3n) is 3.80. The second-order valence-electron chi connectivity index (χ2n) is 6.53. The van der Waals surface area contributed by atoms with Crippen LogP contribution in [0.3, 0.4) is 0 Å². The molecular formula is C16H22N2O3. The monoisotopic (exact) mass is 290 g/mol. The van der Waals surface area contributed by atoms with E-state index in [0.717, 1.165) is 12.0 Å². The predicted octanol–water partition coefficient (Wildman–Crippen LogP) is 2.25. The quantitative estimate of drug-likeness (QED) is 0.877. The molecule has 1 heterocycles. The fourth-order valence-electron chi connectivity index (χ4n) is 2.53. The molecule has 0 fully saturated rings. The van der Waals surface area contributed by atoms with Gasteiger partial charge in [0.05, 0.1) is 0 Å². The van der Waals surface area contributed by atoms with Crippen LogP contribution < -0.4 is 5.32 Å². The minimum atomic E-state index is -1.01. The van der Waals surface area contributed by atoms with Gasteiger partial charge >= 0.3 is 12.0 Å². The minimum Gasteiger partial charge on any atom is -0.480 e. The van der Waals surface area contributed by atoms with Crippen molar-refractivity contribution < 1.29 is 14.7 Å². The molecule has 0 spiro atoms. The number of urea groups is 1. The van der Waals surface area contributed by atoms with E-state index in [-0.39, 0.29) is 6.03 Å². The number of hydrogen-bond acceptors (Lipinski definition) is 2. The molecule has 0 aromatic heterocycles. The molecule has 1 aliphatic heterocycles. The highest BCUT2D eigenvalue weighted by molar-refractivity contribution is 5.83. The van der Waals surface area contributed by atoms with Crippen LogP contribution in [0.4, 0.5) is 4.79 Å². The number of nitrogens with zero attached hydrogens (tertiary/aromatic N) is 1. The van der Waals surface area contributed by atoms with E-state index < -0.39 is 17.4 Å².